The molecule has 112 valence electrons. The Balaban J connectivity index is 1.57. The predicted octanol–water partition coefficient (Wildman–Crippen LogP) is 2.37. The molecule has 1 amide bonds. The summed E-state index contributed by atoms with van der Waals surface area (Å²) in [7, 11) is 0. The molecule has 1 saturated carbocycles. The molecule has 2 heterocycles. The fraction of sp³-hybridized carbons (Fsp3) is 0.467. The summed E-state index contributed by atoms with van der Waals surface area (Å²) in [5.74, 6) is 0.631. The van der Waals surface area contributed by atoms with Gasteiger partial charge < -0.3 is 14.8 Å². The highest BCUT2D eigenvalue weighted by molar-refractivity contribution is 7.13. The number of carbonyl (C=O) groups is 1. The molecule has 3 rings (SSSR count). The predicted molar refractivity (Wildman–Crippen MR) is 79.9 cm³/mol. The maximum absolute atomic E-state index is 12.0. The van der Waals surface area contributed by atoms with E-state index in [-0.39, 0.29) is 18.4 Å². The number of amides is 1. The molecule has 5 nitrogen and oxygen atoms in total. The molecule has 0 unspecified atom stereocenters. The van der Waals surface area contributed by atoms with Gasteiger partial charge in [-0.05, 0) is 25.0 Å². The minimum Gasteiger partial charge on any atom is -0.462 e. The summed E-state index contributed by atoms with van der Waals surface area (Å²) >= 11 is 1.46. The Kier molecular flexibility index (Phi) is 4.36. The van der Waals surface area contributed by atoms with Crippen molar-refractivity contribution in [1.29, 1.82) is 0 Å². The normalized spacial score (nSPS) is 22.1. The van der Waals surface area contributed by atoms with Gasteiger partial charge in [-0.15, -0.1) is 11.3 Å². The van der Waals surface area contributed by atoms with E-state index in [1.807, 2.05) is 17.5 Å². The zero-order valence-electron chi connectivity index (χ0n) is 11.6. The van der Waals surface area contributed by atoms with E-state index in [0.717, 1.165) is 42.1 Å². The third-order valence-electron chi connectivity index (χ3n) is 3.70. The fourth-order valence-electron chi connectivity index (χ4n) is 2.60. The number of hydrogen-bond acceptors (Lipinski definition) is 5. The third-order valence-corrected chi connectivity index (χ3v) is 4.61. The van der Waals surface area contributed by atoms with Gasteiger partial charge in [0.05, 0.1) is 30.5 Å². The van der Waals surface area contributed by atoms with E-state index >= 15 is 0 Å². The van der Waals surface area contributed by atoms with E-state index in [0.29, 0.717) is 0 Å². The van der Waals surface area contributed by atoms with Gasteiger partial charge in [0, 0.05) is 5.38 Å². The van der Waals surface area contributed by atoms with Gasteiger partial charge in [-0.1, -0.05) is 12.8 Å². The van der Waals surface area contributed by atoms with Crippen LogP contribution in [0.2, 0.25) is 0 Å². The average Bonchev–Trinajstić information content (AvgIpc) is 3.12. The quantitative estimate of drug-likeness (QED) is 0.909. The molecule has 6 heteroatoms. The molecule has 0 aromatic carbocycles. The van der Waals surface area contributed by atoms with Crippen LogP contribution in [0.5, 0.6) is 0 Å². The van der Waals surface area contributed by atoms with Crippen LogP contribution < -0.4 is 5.32 Å². The van der Waals surface area contributed by atoms with Crippen LogP contribution in [0, 0.1) is 0 Å². The van der Waals surface area contributed by atoms with Crippen LogP contribution in [0.1, 0.15) is 31.4 Å². The van der Waals surface area contributed by atoms with Crippen molar-refractivity contribution in [3.63, 3.8) is 0 Å². The lowest BCUT2D eigenvalue weighted by atomic mass is 9.92. The summed E-state index contributed by atoms with van der Waals surface area (Å²) in [4.78, 5) is 16.4. The molecule has 0 aliphatic heterocycles. The minimum atomic E-state index is -0.420. The van der Waals surface area contributed by atoms with Crippen LogP contribution in [0.4, 0.5) is 0 Å². The zero-order valence-corrected chi connectivity index (χ0v) is 12.4. The number of carbonyl (C=O) groups excluding carboxylic acids is 1. The number of aliphatic hydroxyl groups is 1. The Bertz CT molecular complexity index is 594. The Labute approximate surface area is 127 Å². The number of thiazole rings is 1. The summed E-state index contributed by atoms with van der Waals surface area (Å²) in [5, 5.41) is 15.4. The van der Waals surface area contributed by atoms with Crippen molar-refractivity contribution < 1.29 is 14.3 Å². The maximum Gasteiger partial charge on any atom is 0.226 e. The number of nitrogens with one attached hydrogen (secondary N) is 1. The van der Waals surface area contributed by atoms with Crippen LogP contribution in [0.3, 0.4) is 0 Å². The van der Waals surface area contributed by atoms with Crippen LogP contribution in [0.25, 0.3) is 10.8 Å². The van der Waals surface area contributed by atoms with E-state index in [1.54, 1.807) is 6.26 Å². The van der Waals surface area contributed by atoms with Gasteiger partial charge in [0.2, 0.25) is 5.91 Å². The third kappa shape index (κ3) is 3.51. The summed E-state index contributed by atoms with van der Waals surface area (Å²) in [6.07, 6.45) is 5.13. The molecule has 1 aliphatic rings. The van der Waals surface area contributed by atoms with E-state index in [1.165, 1.54) is 11.3 Å². The SMILES string of the molecule is O=C(Cc1csc(-c2ccco2)n1)N[C@H]1CCCC[C@@H]1O. The van der Waals surface area contributed by atoms with Crippen molar-refractivity contribution in [2.24, 2.45) is 0 Å². The molecule has 2 aromatic rings. The highest BCUT2D eigenvalue weighted by Crippen LogP contribution is 2.24. The first kappa shape index (κ1) is 14.3. The van der Waals surface area contributed by atoms with Crippen molar-refractivity contribution in [2.45, 2.75) is 44.2 Å². The second-order valence-corrected chi connectivity index (χ2v) is 6.18. The Morgan fingerprint density at radius 2 is 2.33 bits per heavy atom. The van der Waals surface area contributed by atoms with Gasteiger partial charge in [-0.25, -0.2) is 4.98 Å². The molecule has 2 N–H and O–H groups in total. The molecule has 21 heavy (non-hydrogen) atoms. The first-order valence-electron chi connectivity index (χ1n) is 7.18. The standard InChI is InChI=1S/C15H18N2O3S/c18-12-5-2-1-4-11(12)17-14(19)8-10-9-21-15(16-10)13-6-3-7-20-13/h3,6-7,9,11-12,18H,1-2,4-5,8H2,(H,17,19)/t11-,12-/m0/s1. The summed E-state index contributed by atoms with van der Waals surface area (Å²) in [5.41, 5.74) is 0.731. The van der Waals surface area contributed by atoms with E-state index in [2.05, 4.69) is 10.3 Å². The zero-order chi connectivity index (χ0) is 14.7. The molecule has 0 bridgehead atoms. The minimum absolute atomic E-state index is 0.0859. The lowest BCUT2D eigenvalue weighted by molar-refractivity contribution is -0.122. The molecule has 0 saturated heterocycles. The van der Waals surface area contributed by atoms with Crippen molar-refractivity contribution in [3.8, 4) is 10.8 Å². The van der Waals surface area contributed by atoms with E-state index in [9.17, 15) is 9.90 Å². The first-order chi connectivity index (χ1) is 10.2. The van der Waals surface area contributed by atoms with Gasteiger partial charge in [0.25, 0.3) is 0 Å². The second-order valence-electron chi connectivity index (χ2n) is 5.32. The molecule has 0 radical (unpaired) electrons. The smallest absolute Gasteiger partial charge is 0.226 e. The van der Waals surface area contributed by atoms with Crippen molar-refractivity contribution in [2.75, 3.05) is 0 Å². The number of furan rings is 1. The molecule has 0 spiro atoms. The lowest BCUT2D eigenvalue weighted by Gasteiger charge is -2.28. The van der Waals surface area contributed by atoms with Crippen LogP contribution in [-0.4, -0.2) is 28.1 Å². The van der Waals surface area contributed by atoms with Gasteiger partial charge >= 0.3 is 0 Å². The summed E-state index contributed by atoms with van der Waals surface area (Å²) < 4.78 is 5.29. The Morgan fingerprint density at radius 1 is 1.48 bits per heavy atom. The van der Waals surface area contributed by atoms with Gasteiger partial charge in [-0.2, -0.15) is 0 Å². The van der Waals surface area contributed by atoms with Crippen molar-refractivity contribution in [3.05, 3.63) is 29.5 Å². The summed E-state index contributed by atoms with van der Waals surface area (Å²) in [6.45, 7) is 0. The second kappa shape index (κ2) is 6.41. The topological polar surface area (TPSA) is 75.4 Å². The largest absolute Gasteiger partial charge is 0.462 e. The number of aromatic nitrogens is 1. The van der Waals surface area contributed by atoms with Crippen LogP contribution in [-0.2, 0) is 11.2 Å². The van der Waals surface area contributed by atoms with Gasteiger partial charge in [-0.3, -0.25) is 4.79 Å². The number of rotatable bonds is 4. The highest BCUT2D eigenvalue weighted by Gasteiger charge is 2.24. The van der Waals surface area contributed by atoms with Crippen LogP contribution >= 0.6 is 11.3 Å². The Morgan fingerprint density at radius 3 is 3.10 bits per heavy atom. The lowest BCUT2D eigenvalue weighted by Crippen LogP contribution is -2.45. The molecule has 1 aliphatic carbocycles. The molecular weight excluding hydrogens is 288 g/mol. The first-order valence-corrected chi connectivity index (χ1v) is 8.06. The average molecular weight is 306 g/mol. The summed E-state index contributed by atoms with van der Waals surface area (Å²) in [6, 6.07) is 3.55. The monoisotopic (exact) mass is 306 g/mol. The Hall–Kier alpha value is -1.66. The van der Waals surface area contributed by atoms with E-state index in [4.69, 9.17) is 4.42 Å². The fourth-order valence-corrected chi connectivity index (χ4v) is 3.39. The number of nitrogens with zero attached hydrogens (tertiary/aromatic N) is 1. The van der Waals surface area contributed by atoms with Crippen LogP contribution in [0.15, 0.2) is 28.2 Å². The molecule has 1 fully saturated rings. The maximum atomic E-state index is 12.0. The number of hydrogen-bond donors (Lipinski definition) is 2. The molecule has 2 aromatic heterocycles. The molecular formula is C15H18N2O3S. The number of aliphatic hydroxyl groups excluding tert-OH is 1. The molecule has 2 atom stereocenters. The van der Waals surface area contributed by atoms with Gasteiger partial charge in [0.15, 0.2) is 10.8 Å². The van der Waals surface area contributed by atoms with Crippen molar-refractivity contribution in [1.82, 2.24) is 10.3 Å². The van der Waals surface area contributed by atoms with Crippen molar-refractivity contribution >= 4 is 17.2 Å². The highest BCUT2D eigenvalue weighted by atomic mass is 32.1. The van der Waals surface area contributed by atoms with Gasteiger partial charge in [0.1, 0.15) is 0 Å². The van der Waals surface area contributed by atoms with E-state index < -0.39 is 6.10 Å².